The molecular weight excluding hydrogens is 294 g/mol. The van der Waals surface area contributed by atoms with Crippen molar-refractivity contribution >= 4 is 0 Å². The number of likely N-dealkylation sites (N-methyl/N-ethyl adjacent to an activating group) is 1. The maximum absolute atomic E-state index is 5.45. The summed E-state index contributed by atoms with van der Waals surface area (Å²) in [6, 6.07) is 5.86. The summed E-state index contributed by atoms with van der Waals surface area (Å²) in [4.78, 5) is 9.28. The molecule has 1 aromatic carbocycles. The molecule has 23 heavy (non-hydrogen) atoms. The maximum atomic E-state index is 5.45. The van der Waals surface area contributed by atoms with E-state index in [2.05, 4.69) is 26.9 Å². The summed E-state index contributed by atoms with van der Waals surface area (Å²) in [5.74, 6) is 2.53. The van der Waals surface area contributed by atoms with Gasteiger partial charge in [-0.2, -0.15) is 5.10 Å². The fourth-order valence-corrected chi connectivity index (χ4v) is 3.00. The highest BCUT2D eigenvalue weighted by atomic mass is 16.7. The molecule has 0 unspecified atom stereocenters. The van der Waals surface area contributed by atoms with Crippen LogP contribution in [0, 0.1) is 0 Å². The summed E-state index contributed by atoms with van der Waals surface area (Å²) < 4.78 is 12.7. The average molecular weight is 315 g/mol. The van der Waals surface area contributed by atoms with Gasteiger partial charge < -0.3 is 19.3 Å². The fraction of sp³-hybridized carbons (Fsp3) is 0.500. The van der Waals surface area contributed by atoms with Crippen molar-refractivity contribution in [3.05, 3.63) is 30.4 Å². The van der Waals surface area contributed by atoms with Crippen molar-refractivity contribution in [2.45, 2.75) is 6.42 Å². The first-order valence-electron chi connectivity index (χ1n) is 7.99. The minimum absolute atomic E-state index is 0.284. The largest absolute Gasteiger partial charge is 0.454 e. The second kappa shape index (κ2) is 6.17. The normalized spacial score (nSPS) is 18.5. The van der Waals surface area contributed by atoms with Gasteiger partial charge in [0.2, 0.25) is 6.79 Å². The average Bonchev–Trinajstić information content (AvgIpc) is 3.22. The van der Waals surface area contributed by atoms with E-state index in [1.165, 1.54) is 0 Å². The summed E-state index contributed by atoms with van der Waals surface area (Å²) in [5.41, 5.74) is 0.958. The van der Waals surface area contributed by atoms with Crippen molar-refractivity contribution < 1.29 is 9.47 Å². The second-order valence-electron chi connectivity index (χ2n) is 6.02. The van der Waals surface area contributed by atoms with Crippen molar-refractivity contribution in [3.63, 3.8) is 0 Å². The summed E-state index contributed by atoms with van der Waals surface area (Å²) >= 11 is 0. The van der Waals surface area contributed by atoms with Crippen molar-refractivity contribution in [1.82, 2.24) is 24.6 Å². The molecule has 0 saturated carbocycles. The predicted octanol–water partition coefficient (Wildman–Crippen LogP) is 0.786. The zero-order valence-electron chi connectivity index (χ0n) is 13.3. The first kappa shape index (κ1) is 14.5. The van der Waals surface area contributed by atoms with E-state index < -0.39 is 0 Å². The van der Waals surface area contributed by atoms with Gasteiger partial charge in [-0.1, -0.05) is 0 Å². The van der Waals surface area contributed by atoms with Gasteiger partial charge in [0, 0.05) is 45.2 Å². The zero-order valence-corrected chi connectivity index (χ0v) is 13.3. The van der Waals surface area contributed by atoms with Crippen molar-refractivity contribution in [2.24, 2.45) is 0 Å². The minimum Gasteiger partial charge on any atom is -0.454 e. The van der Waals surface area contributed by atoms with Crippen LogP contribution in [0.4, 0.5) is 0 Å². The zero-order chi connectivity index (χ0) is 15.6. The van der Waals surface area contributed by atoms with Crippen LogP contribution < -0.4 is 9.47 Å². The molecule has 1 saturated heterocycles. The quantitative estimate of drug-likeness (QED) is 0.831. The van der Waals surface area contributed by atoms with Crippen LogP contribution in [0.1, 0.15) is 5.82 Å². The molecule has 0 radical (unpaired) electrons. The monoisotopic (exact) mass is 315 g/mol. The van der Waals surface area contributed by atoms with Gasteiger partial charge in [0.25, 0.3) is 0 Å². The van der Waals surface area contributed by atoms with Crippen LogP contribution >= 0.6 is 0 Å². The number of benzene rings is 1. The highest BCUT2D eigenvalue weighted by molar-refractivity contribution is 5.49. The minimum atomic E-state index is 0.284. The summed E-state index contributed by atoms with van der Waals surface area (Å²) in [6.45, 7) is 5.80. The van der Waals surface area contributed by atoms with E-state index >= 15 is 0 Å². The van der Waals surface area contributed by atoms with E-state index in [9.17, 15) is 0 Å². The van der Waals surface area contributed by atoms with Crippen molar-refractivity contribution in [3.8, 4) is 17.2 Å². The summed E-state index contributed by atoms with van der Waals surface area (Å²) in [7, 11) is 2.17. The molecule has 2 aliphatic heterocycles. The van der Waals surface area contributed by atoms with Gasteiger partial charge in [0.15, 0.2) is 11.5 Å². The van der Waals surface area contributed by atoms with Crippen molar-refractivity contribution in [2.75, 3.05) is 46.6 Å². The van der Waals surface area contributed by atoms with Gasteiger partial charge >= 0.3 is 0 Å². The van der Waals surface area contributed by atoms with E-state index in [0.29, 0.717) is 0 Å². The topological polar surface area (TPSA) is 55.7 Å². The van der Waals surface area contributed by atoms with Crippen LogP contribution in [-0.4, -0.2) is 71.1 Å². The SMILES string of the molecule is CN1CCN(CCc2ncnn2-c2ccc3c(c2)OCO3)CC1. The molecule has 1 fully saturated rings. The number of hydrogen-bond acceptors (Lipinski definition) is 6. The summed E-state index contributed by atoms with van der Waals surface area (Å²) in [5, 5.41) is 4.37. The number of rotatable bonds is 4. The lowest BCUT2D eigenvalue weighted by Gasteiger charge is -2.32. The number of piperazine rings is 1. The van der Waals surface area contributed by atoms with Gasteiger partial charge in [0.05, 0.1) is 5.69 Å². The lowest BCUT2D eigenvalue weighted by molar-refractivity contribution is 0.154. The molecule has 3 heterocycles. The molecule has 7 nitrogen and oxygen atoms in total. The Balaban J connectivity index is 1.46. The van der Waals surface area contributed by atoms with E-state index in [0.717, 1.165) is 62.2 Å². The predicted molar refractivity (Wildman–Crippen MR) is 85.1 cm³/mol. The van der Waals surface area contributed by atoms with E-state index in [-0.39, 0.29) is 6.79 Å². The third-order valence-electron chi connectivity index (χ3n) is 4.47. The molecular formula is C16H21N5O2. The molecule has 7 heteroatoms. The fourth-order valence-electron chi connectivity index (χ4n) is 3.00. The lowest BCUT2D eigenvalue weighted by atomic mass is 10.2. The Bertz CT molecular complexity index is 679. The Labute approximate surface area is 135 Å². The first-order valence-corrected chi connectivity index (χ1v) is 7.99. The first-order chi connectivity index (χ1) is 11.3. The molecule has 0 atom stereocenters. The Morgan fingerprint density at radius 1 is 1.09 bits per heavy atom. The van der Waals surface area contributed by atoms with Crippen molar-refractivity contribution in [1.29, 1.82) is 0 Å². The van der Waals surface area contributed by atoms with Gasteiger partial charge in [-0.25, -0.2) is 9.67 Å². The maximum Gasteiger partial charge on any atom is 0.231 e. The van der Waals surface area contributed by atoms with E-state index in [1.807, 2.05) is 22.9 Å². The van der Waals surface area contributed by atoms with Crippen LogP contribution in [0.3, 0.4) is 0 Å². The molecule has 4 rings (SSSR count). The van der Waals surface area contributed by atoms with Crippen LogP contribution in [0.5, 0.6) is 11.5 Å². The number of nitrogens with zero attached hydrogens (tertiary/aromatic N) is 5. The number of fused-ring (bicyclic) bond motifs is 1. The third kappa shape index (κ3) is 3.02. The Morgan fingerprint density at radius 2 is 1.91 bits per heavy atom. The molecule has 0 amide bonds. The standard InChI is InChI=1S/C16H21N5O2/c1-19-6-8-20(9-7-19)5-4-16-17-11-18-21(16)13-2-3-14-15(10-13)23-12-22-14/h2-3,10-11H,4-9,12H2,1H3. The molecule has 0 N–H and O–H groups in total. The lowest BCUT2D eigenvalue weighted by Crippen LogP contribution is -2.45. The Kier molecular flexibility index (Phi) is 3.88. The second-order valence-corrected chi connectivity index (χ2v) is 6.02. The molecule has 0 bridgehead atoms. The van der Waals surface area contributed by atoms with Crippen LogP contribution in [0.15, 0.2) is 24.5 Å². The van der Waals surface area contributed by atoms with Crippen LogP contribution in [0.2, 0.25) is 0 Å². The number of hydrogen-bond donors (Lipinski definition) is 0. The van der Waals surface area contributed by atoms with Crippen LogP contribution in [-0.2, 0) is 6.42 Å². The Hall–Kier alpha value is -2.12. The van der Waals surface area contributed by atoms with Gasteiger partial charge in [-0.05, 0) is 19.2 Å². The molecule has 2 aromatic rings. The molecule has 122 valence electrons. The van der Waals surface area contributed by atoms with E-state index in [1.54, 1.807) is 6.33 Å². The number of ether oxygens (including phenoxy) is 2. The Morgan fingerprint density at radius 3 is 2.78 bits per heavy atom. The van der Waals surface area contributed by atoms with Gasteiger partial charge in [-0.3, -0.25) is 0 Å². The highest BCUT2D eigenvalue weighted by Gasteiger charge is 2.17. The third-order valence-corrected chi connectivity index (χ3v) is 4.47. The summed E-state index contributed by atoms with van der Waals surface area (Å²) in [6.07, 6.45) is 2.50. The smallest absolute Gasteiger partial charge is 0.231 e. The highest BCUT2D eigenvalue weighted by Crippen LogP contribution is 2.33. The molecule has 0 aliphatic carbocycles. The molecule has 2 aliphatic rings. The number of aromatic nitrogens is 3. The molecule has 0 spiro atoms. The molecule has 1 aromatic heterocycles. The van der Waals surface area contributed by atoms with Gasteiger partial charge in [0.1, 0.15) is 12.2 Å². The van der Waals surface area contributed by atoms with Crippen LogP contribution in [0.25, 0.3) is 5.69 Å². The van der Waals surface area contributed by atoms with E-state index in [4.69, 9.17) is 9.47 Å². The van der Waals surface area contributed by atoms with Gasteiger partial charge in [-0.15, -0.1) is 0 Å².